The number of rotatable bonds is 3. The van der Waals surface area contributed by atoms with E-state index in [1.54, 1.807) is 25.3 Å². The van der Waals surface area contributed by atoms with Crippen molar-refractivity contribution in [1.29, 1.82) is 0 Å². The molecule has 2 aliphatic rings. The van der Waals surface area contributed by atoms with Crippen LogP contribution in [-0.4, -0.2) is 25.0 Å². The lowest BCUT2D eigenvalue weighted by Gasteiger charge is -2.20. The van der Waals surface area contributed by atoms with Crippen LogP contribution in [0.25, 0.3) is 0 Å². The van der Waals surface area contributed by atoms with Gasteiger partial charge in [0.2, 0.25) is 0 Å². The number of benzene rings is 1. The van der Waals surface area contributed by atoms with Crippen LogP contribution in [-0.2, 0) is 0 Å². The first-order valence-electron chi connectivity index (χ1n) is 6.33. The number of ether oxygens (including phenoxy) is 1. The van der Waals surface area contributed by atoms with Gasteiger partial charge in [-0.05, 0) is 37.5 Å². The molecule has 18 heavy (non-hydrogen) atoms. The first-order valence-corrected chi connectivity index (χ1v) is 6.70. The van der Waals surface area contributed by atoms with E-state index in [0.717, 1.165) is 12.8 Å². The highest BCUT2D eigenvalue weighted by Crippen LogP contribution is 2.37. The van der Waals surface area contributed by atoms with Crippen LogP contribution in [0.15, 0.2) is 18.2 Å². The molecule has 0 aliphatic carbocycles. The zero-order valence-corrected chi connectivity index (χ0v) is 11.0. The molecule has 3 nitrogen and oxygen atoms in total. The van der Waals surface area contributed by atoms with Gasteiger partial charge in [0.25, 0.3) is 0 Å². The third-order valence-corrected chi connectivity index (χ3v) is 4.30. The fourth-order valence-electron chi connectivity index (χ4n) is 3.19. The Morgan fingerprint density at radius 3 is 2.89 bits per heavy atom. The van der Waals surface area contributed by atoms with Gasteiger partial charge in [-0.1, -0.05) is 11.6 Å². The Balaban J connectivity index is 1.90. The normalized spacial score (nSPS) is 29.6. The highest BCUT2D eigenvalue weighted by molar-refractivity contribution is 6.31. The molecule has 96 valence electrons. The van der Waals surface area contributed by atoms with Crippen LogP contribution >= 0.6 is 11.6 Å². The molecule has 2 aliphatic heterocycles. The molecule has 2 bridgehead atoms. The quantitative estimate of drug-likeness (QED) is 0.854. The monoisotopic (exact) mass is 265 g/mol. The summed E-state index contributed by atoms with van der Waals surface area (Å²) in [4.78, 5) is 12.6. The minimum absolute atomic E-state index is 0.0797. The lowest BCUT2D eigenvalue weighted by atomic mass is 9.83. The van der Waals surface area contributed by atoms with Crippen molar-refractivity contribution in [2.24, 2.45) is 5.92 Å². The second-order valence-corrected chi connectivity index (χ2v) is 5.53. The van der Waals surface area contributed by atoms with Crippen molar-refractivity contribution >= 4 is 17.4 Å². The number of nitrogens with one attached hydrogen (secondary N) is 1. The van der Waals surface area contributed by atoms with Gasteiger partial charge in [-0.25, -0.2) is 0 Å². The first-order chi connectivity index (χ1) is 8.69. The minimum Gasteiger partial charge on any atom is -0.496 e. The molecule has 1 aromatic carbocycles. The molecule has 3 atom stereocenters. The fraction of sp³-hybridized carbons (Fsp3) is 0.500. The number of hydrogen-bond acceptors (Lipinski definition) is 3. The molecule has 4 heteroatoms. The summed E-state index contributed by atoms with van der Waals surface area (Å²) in [5.74, 6) is 0.859. The van der Waals surface area contributed by atoms with E-state index in [4.69, 9.17) is 16.3 Å². The molecule has 0 saturated carbocycles. The third kappa shape index (κ3) is 1.91. The minimum atomic E-state index is 0.0797. The number of halogens is 1. The molecule has 0 amide bonds. The molecule has 2 heterocycles. The average Bonchev–Trinajstić information content (AvgIpc) is 3.00. The summed E-state index contributed by atoms with van der Waals surface area (Å²) in [6, 6.07) is 6.08. The van der Waals surface area contributed by atoms with Crippen LogP contribution in [0.3, 0.4) is 0 Å². The molecular formula is C14H16ClNO2. The van der Waals surface area contributed by atoms with Gasteiger partial charge in [-0.2, -0.15) is 0 Å². The maximum Gasteiger partial charge on any atom is 0.171 e. The van der Waals surface area contributed by atoms with Gasteiger partial charge in [0, 0.05) is 23.0 Å². The van der Waals surface area contributed by atoms with Gasteiger partial charge in [0.15, 0.2) is 5.78 Å². The summed E-state index contributed by atoms with van der Waals surface area (Å²) in [5.41, 5.74) is 0.615. The van der Waals surface area contributed by atoms with E-state index in [1.807, 2.05) is 0 Å². The Kier molecular flexibility index (Phi) is 3.04. The molecule has 0 aromatic heterocycles. The zero-order valence-electron chi connectivity index (χ0n) is 10.3. The fourth-order valence-corrected chi connectivity index (χ4v) is 3.36. The van der Waals surface area contributed by atoms with Crippen molar-refractivity contribution < 1.29 is 9.53 Å². The number of methoxy groups -OCH3 is 1. The largest absolute Gasteiger partial charge is 0.496 e. The number of hydrogen-bond donors (Lipinski definition) is 1. The summed E-state index contributed by atoms with van der Waals surface area (Å²) >= 11 is 5.98. The van der Waals surface area contributed by atoms with Crippen molar-refractivity contribution in [2.75, 3.05) is 7.11 Å². The van der Waals surface area contributed by atoms with Gasteiger partial charge in [0.1, 0.15) is 5.75 Å². The van der Waals surface area contributed by atoms with E-state index >= 15 is 0 Å². The first kappa shape index (κ1) is 12.0. The van der Waals surface area contributed by atoms with Crippen LogP contribution in [0.1, 0.15) is 29.6 Å². The Hall–Kier alpha value is -1.06. The Bertz CT molecular complexity index is 489. The van der Waals surface area contributed by atoms with E-state index < -0.39 is 0 Å². The SMILES string of the molecule is COc1ccc(Cl)cc1C(=O)C1CC2CCC1N2. The van der Waals surface area contributed by atoms with E-state index in [9.17, 15) is 4.79 Å². The second-order valence-electron chi connectivity index (χ2n) is 5.10. The highest BCUT2D eigenvalue weighted by atomic mass is 35.5. The number of fused-ring (bicyclic) bond motifs is 2. The van der Waals surface area contributed by atoms with Crippen molar-refractivity contribution in [2.45, 2.75) is 31.3 Å². The van der Waals surface area contributed by atoms with Gasteiger partial charge >= 0.3 is 0 Å². The van der Waals surface area contributed by atoms with Crippen molar-refractivity contribution in [3.63, 3.8) is 0 Å². The molecule has 3 unspecified atom stereocenters. The predicted octanol–water partition coefficient (Wildman–Crippen LogP) is 2.67. The Morgan fingerprint density at radius 1 is 1.44 bits per heavy atom. The number of carbonyl (C=O) groups is 1. The number of Topliss-reactive ketones (excluding diaryl/α,β-unsaturated/α-hetero) is 1. The van der Waals surface area contributed by atoms with Gasteiger partial charge in [0.05, 0.1) is 12.7 Å². The third-order valence-electron chi connectivity index (χ3n) is 4.06. The molecule has 0 radical (unpaired) electrons. The van der Waals surface area contributed by atoms with Crippen molar-refractivity contribution in [1.82, 2.24) is 5.32 Å². The molecule has 3 rings (SSSR count). The Labute approximate surface area is 111 Å². The molecule has 1 N–H and O–H groups in total. The molecule has 2 saturated heterocycles. The lowest BCUT2D eigenvalue weighted by molar-refractivity contribution is 0.0897. The van der Waals surface area contributed by atoms with Crippen LogP contribution in [0.5, 0.6) is 5.75 Å². The standard InChI is InChI=1S/C14H16ClNO2/c1-18-13-5-2-8(15)6-11(13)14(17)10-7-9-3-4-12(10)16-9/h2,5-6,9-10,12,16H,3-4,7H2,1H3. The topological polar surface area (TPSA) is 38.3 Å². The summed E-state index contributed by atoms with van der Waals surface area (Å²) in [5, 5.41) is 4.06. The summed E-state index contributed by atoms with van der Waals surface area (Å²) in [6.45, 7) is 0. The van der Waals surface area contributed by atoms with E-state index in [2.05, 4.69) is 5.32 Å². The van der Waals surface area contributed by atoms with Crippen molar-refractivity contribution in [3.05, 3.63) is 28.8 Å². The van der Waals surface area contributed by atoms with Crippen LogP contribution in [0.2, 0.25) is 5.02 Å². The van der Waals surface area contributed by atoms with Gasteiger partial charge < -0.3 is 10.1 Å². The van der Waals surface area contributed by atoms with Crippen LogP contribution in [0.4, 0.5) is 0 Å². The molecule has 1 aromatic rings. The number of ketones is 1. The van der Waals surface area contributed by atoms with Crippen LogP contribution in [0, 0.1) is 5.92 Å². The molecule has 2 fully saturated rings. The molecular weight excluding hydrogens is 250 g/mol. The maximum atomic E-state index is 12.6. The molecule has 0 spiro atoms. The zero-order chi connectivity index (χ0) is 12.7. The van der Waals surface area contributed by atoms with E-state index in [-0.39, 0.29) is 11.7 Å². The maximum absolute atomic E-state index is 12.6. The van der Waals surface area contributed by atoms with Crippen molar-refractivity contribution in [3.8, 4) is 5.75 Å². The summed E-state index contributed by atoms with van der Waals surface area (Å²) in [6.07, 6.45) is 3.24. The van der Waals surface area contributed by atoms with Gasteiger partial charge in [-0.3, -0.25) is 4.79 Å². The Morgan fingerprint density at radius 2 is 2.28 bits per heavy atom. The highest BCUT2D eigenvalue weighted by Gasteiger charge is 2.43. The van der Waals surface area contributed by atoms with E-state index in [0.29, 0.717) is 28.4 Å². The number of carbonyl (C=O) groups excluding carboxylic acids is 1. The van der Waals surface area contributed by atoms with Crippen LogP contribution < -0.4 is 10.1 Å². The predicted molar refractivity (Wildman–Crippen MR) is 70.4 cm³/mol. The average molecular weight is 266 g/mol. The second kappa shape index (κ2) is 4.56. The van der Waals surface area contributed by atoms with E-state index in [1.165, 1.54) is 6.42 Å². The summed E-state index contributed by atoms with van der Waals surface area (Å²) < 4.78 is 5.26. The smallest absolute Gasteiger partial charge is 0.171 e. The van der Waals surface area contributed by atoms with Gasteiger partial charge in [-0.15, -0.1) is 0 Å². The summed E-state index contributed by atoms with van der Waals surface area (Å²) in [7, 11) is 1.58. The lowest BCUT2D eigenvalue weighted by Crippen LogP contribution is -2.29.